The molecule has 28 heavy (non-hydrogen) atoms. The number of hydrogen-bond donors (Lipinski definition) is 3. The van der Waals surface area contributed by atoms with Crippen LogP contribution in [0.2, 0.25) is 5.02 Å². The van der Waals surface area contributed by atoms with Crippen molar-refractivity contribution < 1.29 is 4.79 Å². The molecular weight excluding hydrogens is 487 g/mol. The van der Waals surface area contributed by atoms with Crippen molar-refractivity contribution in [1.29, 1.82) is 0 Å². The number of rotatable bonds is 7. The molecule has 0 aliphatic rings. The van der Waals surface area contributed by atoms with E-state index in [-0.39, 0.29) is 35.9 Å². The highest BCUT2D eigenvalue weighted by molar-refractivity contribution is 14.0. The monoisotopic (exact) mass is 514 g/mol. The zero-order chi connectivity index (χ0) is 19.6. The van der Waals surface area contributed by atoms with Crippen LogP contribution in [0, 0.1) is 0 Å². The average Bonchev–Trinajstić information content (AvgIpc) is 2.69. The van der Waals surface area contributed by atoms with Gasteiger partial charge in [-0.05, 0) is 42.7 Å². The molecule has 0 spiro atoms. The van der Waals surface area contributed by atoms with Crippen molar-refractivity contribution in [2.45, 2.75) is 39.4 Å². The Hall–Kier alpha value is -1.80. The van der Waals surface area contributed by atoms with E-state index in [9.17, 15) is 4.79 Å². The minimum absolute atomic E-state index is 0. The van der Waals surface area contributed by atoms with E-state index in [1.165, 1.54) is 0 Å². The predicted molar refractivity (Wildman–Crippen MR) is 128 cm³/mol. The molecule has 0 bridgehead atoms. The first-order valence-corrected chi connectivity index (χ1v) is 9.49. The van der Waals surface area contributed by atoms with Crippen LogP contribution in [0.1, 0.15) is 41.8 Å². The van der Waals surface area contributed by atoms with Gasteiger partial charge in [-0.3, -0.25) is 9.79 Å². The van der Waals surface area contributed by atoms with Gasteiger partial charge in [0.05, 0.1) is 0 Å². The third kappa shape index (κ3) is 7.67. The molecule has 5 nitrogen and oxygen atoms in total. The van der Waals surface area contributed by atoms with Crippen molar-refractivity contribution in [1.82, 2.24) is 16.0 Å². The molecule has 1 unspecified atom stereocenters. The Kier molecular flexibility index (Phi) is 10.9. The van der Waals surface area contributed by atoms with Gasteiger partial charge >= 0.3 is 0 Å². The van der Waals surface area contributed by atoms with E-state index in [4.69, 9.17) is 11.6 Å². The topological polar surface area (TPSA) is 65.5 Å². The first-order valence-electron chi connectivity index (χ1n) is 9.11. The van der Waals surface area contributed by atoms with Gasteiger partial charge in [0.15, 0.2) is 5.96 Å². The molecule has 7 heteroatoms. The van der Waals surface area contributed by atoms with Gasteiger partial charge in [0.2, 0.25) is 0 Å². The summed E-state index contributed by atoms with van der Waals surface area (Å²) in [5.41, 5.74) is 2.75. The van der Waals surface area contributed by atoms with Crippen LogP contribution in [0.15, 0.2) is 53.5 Å². The molecule has 0 aliphatic carbocycles. The fraction of sp³-hybridized carbons (Fsp3) is 0.333. The summed E-state index contributed by atoms with van der Waals surface area (Å²) in [5.74, 6) is 0.648. The highest BCUT2D eigenvalue weighted by Crippen LogP contribution is 2.14. The van der Waals surface area contributed by atoms with Gasteiger partial charge in [0, 0.05) is 36.8 Å². The highest BCUT2D eigenvalue weighted by atomic mass is 127. The summed E-state index contributed by atoms with van der Waals surface area (Å²) in [5, 5.41) is 10.2. The maximum absolute atomic E-state index is 12.1. The smallest absolute Gasteiger partial charge is 0.251 e. The predicted octanol–water partition coefficient (Wildman–Crippen LogP) is 4.35. The number of nitrogens with zero attached hydrogens (tertiary/aromatic N) is 1. The number of hydrogen-bond acceptors (Lipinski definition) is 2. The van der Waals surface area contributed by atoms with Crippen LogP contribution in [0.3, 0.4) is 0 Å². The zero-order valence-corrected chi connectivity index (χ0v) is 19.5. The molecular formula is C21H28ClIN4O. The molecule has 0 radical (unpaired) electrons. The fourth-order valence-electron chi connectivity index (χ4n) is 2.41. The summed E-state index contributed by atoms with van der Waals surface area (Å²) in [4.78, 5) is 16.3. The largest absolute Gasteiger partial charge is 0.352 e. The number of halogens is 2. The van der Waals surface area contributed by atoms with Crippen molar-refractivity contribution in [2.75, 3.05) is 7.05 Å². The lowest BCUT2D eigenvalue weighted by Gasteiger charge is -2.13. The summed E-state index contributed by atoms with van der Waals surface area (Å²) in [6.07, 6.45) is 0.911. The quantitative estimate of drug-likeness (QED) is 0.292. The van der Waals surface area contributed by atoms with E-state index >= 15 is 0 Å². The lowest BCUT2D eigenvalue weighted by molar-refractivity contribution is 0.0939. The molecule has 0 saturated carbocycles. The Bertz CT molecular complexity index is 780. The molecule has 2 aromatic rings. The number of guanidine groups is 1. The standard InChI is InChI=1S/C21H27ClN4O.HI/c1-4-15(2)26-20(27)17-11-9-16(10-12-17)13-24-21(23-3)25-14-18-7-5-6-8-19(18)22;/h5-12,15H,4,13-14H2,1-3H3,(H,26,27)(H2,23,24,25);1H. The molecule has 0 fully saturated rings. The van der Waals surface area contributed by atoms with Crippen LogP contribution in [0.25, 0.3) is 0 Å². The Morgan fingerprint density at radius 3 is 2.32 bits per heavy atom. The molecule has 2 rings (SSSR count). The number of carbonyl (C=O) groups is 1. The third-order valence-corrected chi connectivity index (χ3v) is 4.66. The van der Waals surface area contributed by atoms with Crippen molar-refractivity contribution >= 4 is 47.4 Å². The normalized spacial score (nSPS) is 11.9. The van der Waals surface area contributed by atoms with Crippen molar-refractivity contribution in [3.63, 3.8) is 0 Å². The zero-order valence-electron chi connectivity index (χ0n) is 16.5. The van der Waals surface area contributed by atoms with E-state index in [1.807, 2.05) is 62.4 Å². The van der Waals surface area contributed by atoms with Gasteiger partial charge in [-0.1, -0.05) is 48.9 Å². The van der Waals surface area contributed by atoms with Crippen LogP contribution < -0.4 is 16.0 Å². The Morgan fingerprint density at radius 1 is 1.07 bits per heavy atom. The van der Waals surface area contributed by atoms with Crippen LogP contribution in [-0.2, 0) is 13.1 Å². The molecule has 0 heterocycles. The lowest BCUT2D eigenvalue weighted by Crippen LogP contribution is -2.36. The number of nitrogens with one attached hydrogen (secondary N) is 3. The summed E-state index contributed by atoms with van der Waals surface area (Å²) < 4.78 is 0. The Morgan fingerprint density at radius 2 is 1.71 bits per heavy atom. The maximum Gasteiger partial charge on any atom is 0.251 e. The first kappa shape index (κ1) is 24.2. The van der Waals surface area contributed by atoms with Crippen LogP contribution in [0.5, 0.6) is 0 Å². The molecule has 1 amide bonds. The Labute approximate surface area is 189 Å². The van der Waals surface area contributed by atoms with Gasteiger partial charge < -0.3 is 16.0 Å². The van der Waals surface area contributed by atoms with Crippen LogP contribution in [-0.4, -0.2) is 25.0 Å². The first-order chi connectivity index (χ1) is 13.0. The second-order valence-corrected chi connectivity index (χ2v) is 6.76. The van der Waals surface area contributed by atoms with E-state index in [1.54, 1.807) is 7.05 Å². The molecule has 0 aliphatic heterocycles. The van der Waals surface area contributed by atoms with Crippen LogP contribution in [0.4, 0.5) is 0 Å². The second kappa shape index (κ2) is 12.6. The van der Waals surface area contributed by atoms with E-state index < -0.39 is 0 Å². The molecule has 152 valence electrons. The fourth-order valence-corrected chi connectivity index (χ4v) is 2.61. The van der Waals surface area contributed by atoms with Crippen LogP contribution >= 0.6 is 35.6 Å². The molecule has 1 atom stereocenters. The minimum Gasteiger partial charge on any atom is -0.352 e. The third-order valence-electron chi connectivity index (χ3n) is 4.29. The van der Waals surface area contributed by atoms with E-state index in [0.29, 0.717) is 24.6 Å². The molecule has 0 aromatic heterocycles. The van der Waals surface area contributed by atoms with Gasteiger partial charge in [-0.25, -0.2) is 0 Å². The number of aliphatic imine (C=N–C) groups is 1. The molecule has 2 aromatic carbocycles. The average molecular weight is 515 g/mol. The van der Waals surface area contributed by atoms with E-state index in [2.05, 4.69) is 20.9 Å². The van der Waals surface area contributed by atoms with Gasteiger partial charge in [0.25, 0.3) is 5.91 Å². The van der Waals surface area contributed by atoms with Gasteiger partial charge in [-0.15, -0.1) is 24.0 Å². The van der Waals surface area contributed by atoms with Gasteiger partial charge in [-0.2, -0.15) is 0 Å². The number of amides is 1. The van der Waals surface area contributed by atoms with Crippen molar-refractivity contribution in [3.8, 4) is 0 Å². The second-order valence-electron chi connectivity index (χ2n) is 6.35. The van der Waals surface area contributed by atoms with E-state index in [0.717, 1.165) is 22.6 Å². The molecule has 0 saturated heterocycles. The number of carbonyl (C=O) groups excluding carboxylic acids is 1. The minimum atomic E-state index is -0.0407. The lowest BCUT2D eigenvalue weighted by atomic mass is 10.1. The van der Waals surface area contributed by atoms with Crippen molar-refractivity contribution in [3.05, 3.63) is 70.2 Å². The molecule has 3 N–H and O–H groups in total. The summed E-state index contributed by atoms with van der Waals surface area (Å²) in [6.45, 7) is 5.24. The maximum atomic E-state index is 12.1. The Balaban J connectivity index is 0.00000392. The highest BCUT2D eigenvalue weighted by Gasteiger charge is 2.08. The summed E-state index contributed by atoms with van der Waals surface area (Å²) >= 11 is 6.17. The number of benzene rings is 2. The SMILES string of the molecule is CCC(C)NC(=O)c1ccc(CNC(=NC)NCc2ccccc2Cl)cc1.I. The van der Waals surface area contributed by atoms with Crippen molar-refractivity contribution in [2.24, 2.45) is 4.99 Å². The summed E-state index contributed by atoms with van der Waals surface area (Å²) in [6, 6.07) is 15.5. The summed E-state index contributed by atoms with van der Waals surface area (Å²) in [7, 11) is 1.73. The van der Waals surface area contributed by atoms with Gasteiger partial charge in [0.1, 0.15) is 0 Å².